The highest BCUT2D eigenvalue weighted by molar-refractivity contribution is 7.92. The number of H-pyrrole nitrogens is 1. The summed E-state index contributed by atoms with van der Waals surface area (Å²) in [6.45, 7) is 3.68. The molecule has 0 saturated heterocycles. The number of hydrogen-bond acceptors (Lipinski definition) is 4. The summed E-state index contributed by atoms with van der Waals surface area (Å²) in [5.41, 5.74) is 2.39. The van der Waals surface area contributed by atoms with Gasteiger partial charge >= 0.3 is 0 Å². The fourth-order valence-corrected chi connectivity index (χ4v) is 3.72. The lowest BCUT2D eigenvalue weighted by molar-refractivity contribution is 0.417. The number of pyridine rings is 1. The third-order valence-electron chi connectivity index (χ3n) is 3.93. The minimum Gasteiger partial charge on any atom is -0.495 e. The monoisotopic (exact) mass is 358 g/mol. The molecule has 3 rings (SSSR count). The molecule has 25 heavy (non-hydrogen) atoms. The fourth-order valence-electron chi connectivity index (χ4n) is 2.62. The van der Waals surface area contributed by atoms with E-state index in [2.05, 4.69) is 9.71 Å². The molecule has 7 heteroatoms. The molecule has 0 radical (unpaired) electrons. The second kappa shape index (κ2) is 6.25. The molecule has 0 aliphatic rings. The average Bonchev–Trinajstić information content (AvgIpc) is 2.56. The molecule has 0 unspecified atom stereocenters. The third kappa shape index (κ3) is 3.36. The second-order valence-corrected chi connectivity index (χ2v) is 7.52. The number of sulfonamides is 1. The van der Waals surface area contributed by atoms with Crippen LogP contribution in [0, 0.1) is 13.8 Å². The molecule has 0 fully saturated rings. The van der Waals surface area contributed by atoms with Crippen molar-refractivity contribution in [1.82, 2.24) is 4.98 Å². The molecule has 2 aromatic carbocycles. The van der Waals surface area contributed by atoms with Crippen LogP contribution in [0.1, 0.15) is 11.1 Å². The van der Waals surface area contributed by atoms with Gasteiger partial charge in [0.1, 0.15) is 5.75 Å². The van der Waals surface area contributed by atoms with Gasteiger partial charge < -0.3 is 9.72 Å². The number of methoxy groups -OCH3 is 1. The first kappa shape index (κ1) is 17.0. The van der Waals surface area contributed by atoms with E-state index in [-0.39, 0.29) is 10.5 Å². The van der Waals surface area contributed by atoms with Gasteiger partial charge in [-0.05, 0) is 37.6 Å². The largest absolute Gasteiger partial charge is 0.495 e. The van der Waals surface area contributed by atoms with Crippen molar-refractivity contribution in [3.63, 3.8) is 0 Å². The SMILES string of the molecule is COc1cc(S(=O)(=O)Nc2ccc(C)cc2)cc2c(C)cc(=O)[nH]c12. The predicted molar refractivity (Wildman–Crippen MR) is 97.8 cm³/mol. The molecule has 0 bridgehead atoms. The van der Waals surface area contributed by atoms with Gasteiger partial charge in [0.15, 0.2) is 0 Å². The van der Waals surface area contributed by atoms with E-state index >= 15 is 0 Å². The van der Waals surface area contributed by atoms with Gasteiger partial charge in [-0.1, -0.05) is 17.7 Å². The molecule has 0 spiro atoms. The van der Waals surface area contributed by atoms with Crippen molar-refractivity contribution >= 4 is 26.6 Å². The van der Waals surface area contributed by atoms with E-state index in [1.54, 1.807) is 19.1 Å². The number of ether oxygens (including phenoxy) is 1. The molecule has 130 valence electrons. The van der Waals surface area contributed by atoms with Crippen molar-refractivity contribution in [1.29, 1.82) is 0 Å². The Hall–Kier alpha value is -2.80. The Morgan fingerprint density at radius 1 is 1.04 bits per heavy atom. The Morgan fingerprint density at radius 3 is 2.36 bits per heavy atom. The second-order valence-electron chi connectivity index (χ2n) is 5.84. The van der Waals surface area contributed by atoms with Gasteiger partial charge in [-0.15, -0.1) is 0 Å². The van der Waals surface area contributed by atoms with E-state index in [1.165, 1.54) is 25.3 Å². The van der Waals surface area contributed by atoms with Crippen molar-refractivity contribution in [3.05, 3.63) is 63.9 Å². The minimum absolute atomic E-state index is 0.0626. The van der Waals surface area contributed by atoms with Gasteiger partial charge in [0.2, 0.25) is 5.56 Å². The van der Waals surface area contributed by atoms with E-state index in [0.717, 1.165) is 5.56 Å². The highest BCUT2D eigenvalue weighted by Gasteiger charge is 2.18. The van der Waals surface area contributed by atoms with Crippen LogP contribution in [0.3, 0.4) is 0 Å². The molecule has 3 aromatic rings. The van der Waals surface area contributed by atoms with Gasteiger partial charge in [-0.3, -0.25) is 9.52 Å². The summed E-state index contributed by atoms with van der Waals surface area (Å²) in [4.78, 5) is 14.4. The lowest BCUT2D eigenvalue weighted by Crippen LogP contribution is -2.14. The van der Waals surface area contributed by atoms with Crippen molar-refractivity contribution < 1.29 is 13.2 Å². The van der Waals surface area contributed by atoms with Crippen molar-refractivity contribution in [2.24, 2.45) is 0 Å². The Balaban J connectivity index is 2.14. The van der Waals surface area contributed by atoms with Crippen LogP contribution in [0.15, 0.2) is 52.2 Å². The van der Waals surface area contributed by atoms with Crippen molar-refractivity contribution in [2.75, 3.05) is 11.8 Å². The first-order valence-corrected chi connectivity index (χ1v) is 9.09. The topological polar surface area (TPSA) is 88.3 Å². The maximum Gasteiger partial charge on any atom is 0.262 e. The number of fused-ring (bicyclic) bond motifs is 1. The van der Waals surface area contributed by atoms with Gasteiger partial charge in [-0.2, -0.15) is 0 Å². The highest BCUT2D eigenvalue weighted by atomic mass is 32.2. The number of rotatable bonds is 4. The van der Waals surface area contributed by atoms with Crippen molar-refractivity contribution in [3.8, 4) is 5.75 Å². The Kier molecular flexibility index (Phi) is 4.26. The third-order valence-corrected chi connectivity index (χ3v) is 5.29. The van der Waals surface area contributed by atoms with Crippen LogP contribution in [0.5, 0.6) is 5.75 Å². The van der Waals surface area contributed by atoms with Crippen LogP contribution in [0.25, 0.3) is 10.9 Å². The first-order chi connectivity index (χ1) is 11.8. The zero-order valence-electron chi connectivity index (χ0n) is 14.1. The van der Waals surface area contributed by atoms with Gasteiger partial charge in [0.25, 0.3) is 10.0 Å². The van der Waals surface area contributed by atoms with Crippen LogP contribution in [0.4, 0.5) is 5.69 Å². The van der Waals surface area contributed by atoms with E-state index in [1.807, 2.05) is 19.1 Å². The lowest BCUT2D eigenvalue weighted by atomic mass is 10.1. The van der Waals surface area contributed by atoms with E-state index < -0.39 is 10.0 Å². The first-order valence-electron chi connectivity index (χ1n) is 7.61. The summed E-state index contributed by atoms with van der Waals surface area (Å²) in [5.74, 6) is 0.294. The van der Waals surface area contributed by atoms with Crippen LogP contribution in [-0.4, -0.2) is 20.5 Å². The number of nitrogens with one attached hydrogen (secondary N) is 2. The van der Waals surface area contributed by atoms with Crippen LogP contribution >= 0.6 is 0 Å². The Bertz CT molecular complexity index is 1100. The van der Waals surface area contributed by atoms with E-state index in [9.17, 15) is 13.2 Å². The normalized spacial score (nSPS) is 11.5. The quantitative estimate of drug-likeness (QED) is 0.750. The number of anilines is 1. The molecule has 0 atom stereocenters. The van der Waals surface area contributed by atoms with Crippen molar-refractivity contribution in [2.45, 2.75) is 18.7 Å². The number of hydrogen-bond donors (Lipinski definition) is 2. The molecule has 2 N–H and O–H groups in total. The zero-order valence-corrected chi connectivity index (χ0v) is 14.9. The summed E-state index contributed by atoms with van der Waals surface area (Å²) in [7, 11) is -2.37. The molecule has 0 saturated carbocycles. The Labute approximate surface area is 145 Å². The van der Waals surface area contributed by atoms with Crippen LogP contribution in [-0.2, 0) is 10.0 Å². The van der Waals surface area contributed by atoms with Gasteiger partial charge in [0, 0.05) is 23.2 Å². The number of aryl methyl sites for hydroxylation is 2. The minimum atomic E-state index is -3.80. The van der Waals surface area contributed by atoms with Crippen LogP contribution in [0.2, 0.25) is 0 Å². The van der Waals surface area contributed by atoms with Gasteiger partial charge in [-0.25, -0.2) is 8.42 Å². The molecule has 6 nitrogen and oxygen atoms in total. The summed E-state index contributed by atoms with van der Waals surface area (Å²) in [6, 6.07) is 11.4. The summed E-state index contributed by atoms with van der Waals surface area (Å²) >= 11 is 0. The predicted octanol–water partition coefficient (Wildman–Crippen LogP) is 2.95. The van der Waals surface area contributed by atoms with Gasteiger partial charge in [0.05, 0.1) is 17.5 Å². The highest BCUT2D eigenvalue weighted by Crippen LogP contribution is 2.30. The smallest absolute Gasteiger partial charge is 0.262 e. The number of aromatic nitrogens is 1. The van der Waals surface area contributed by atoms with E-state index in [0.29, 0.717) is 27.9 Å². The standard InChI is InChI=1S/C18H18N2O4S/c1-11-4-6-13(7-5-11)20-25(22,23)14-9-15-12(2)8-17(21)19-18(15)16(10-14)24-3/h4-10,20H,1-3H3,(H,19,21). The molecular weight excluding hydrogens is 340 g/mol. The summed E-state index contributed by atoms with van der Waals surface area (Å²) < 4.78 is 33.3. The number of benzene rings is 2. The fraction of sp³-hybridized carbons (Fsp3) is 0.167. The maximum atomic E-state index is 12.7. The zero-order chi connectivity index (χ0) is 18.2. The lowest BCUT2D eigenvalue weighted by Gasteiger charge is -2.13. The average molecular weight is 358 g/mol. The van der Waals surface area contributed by atoms with Crippen LogP contribution < -0.4 is 15.0 Å². The molecular formula is C18H18N2O4S. The Morgan fingerprint density at radius 2 is 1.72 bits per heavy atom. The summed E-state index contributed by atoms with van der Waals surface area (Å²) in [5, 5.41) is 0.614. The summed E-state index contributed by atoms with van der Waals surface area (Å²) in [6.07, 6.45) is 0. The number of aromatic amines is 1. The molecule has 0 aliphatic heterocycles. The maximum absolute atomic E-state index is 12.7. The van der Waals surface area contributed by atoms with E-state index in [4.69, 9.17) is 4.74 Å². The molecule has 1 heterocycles. The molecule has 0 aliphatic carbocycles. The molecule has 0 amide bonds. The molecule has 1 aromatic heterocycles.